The van der Waals surface area contributed by atoms with E-state index in [9.17, 15) is 8.42 Å². The maximum atomic E-state index is 12.0. The van der Waals surface area contributed by atoms with Crippen LogP contribution in [-0.4, -0.2) is 15.0 Å². The molecule has 0 aliphatic heterocycles. The topological polar surface area (TPSA) is 70.0 Å². The Bertz CT molecular complexity index is 550. The third kappa shape index (κ3) is 4.41. The predicted molar refractivity (Wildman–Crippen MR) is 73.5 cm³/mol. The van der Waals surface area contributed by atoms with Gasteiger partial charge in [0.25, 0.3) is 0 Å². The Morgan fingerprint density at radius 2 is 2.11 bits per heavy atom. The van der Waals surface area contributed by atoms with Crippen molar-refractivity contribution in [2.45, 2.75) is 31.1 Å². The molecule has 1 aromatic carbocycles. The molecule has 4 nitrogen and oxygen atoms in total. The van der Waals surface area contributed by atoms with Crippen LogP contribution in [0.3, 0.4) is 0 Å². The first kappa shape index (κ1) is 15.2. The third-order valence-corrected chi connectivity index (χ3v) is 4.54. The average Bonchev–Trinajstić information content (AvgIpc) is 2.32. The second kappa shape index (κ2) is 6.88. The molecule has 0 saturated carbocycles. The highest BCUT2D eigenvalue weighted by Crippen LogP contribution is 2.20. The minimum absolute atomic E-state index is 0.289. The van der Waals surface area contributed by atoms with E-state index in [1.165, 1.54) is 0 Å². The van der Waals surface area contributed by atoms with E-state index in [4.69, 9.17) is 5.26 Å². The van der Waals surface area contributed by atoms with Gasteiger partial charge >= 0.3 is 0 Å². The standard InChI is InChI=1S/C12H15BrN2O2S/c1-10-5-6-11(13)9-12(10)18(16,17)15-8-4-2-3-7-14/h5-6,9,15H,2-4,8H2,1H3. The van der Waals surface area contributed by atoms with E-state index < -0.39 is 10.0 Å². The van der Waals surface area contributed by atoms with E-state index in [0.29, 0.717) is 31.4 Å². The summed E-state index contributed by atoms with van der Waals surface area (Å²) in [6.07, 6.45) is 1.83. The SMILES string of the molecule is Cc1ccc(Br)cc1S(=O)(=O)NCCCCC#N. The van der Waals surface area contributed by atoms with Crippen molar-refractivity contribution in [2.24, 2.45) is 0 Å². The van der Waals surface area contributed by atoms with Crippen molar-refractivity contribution in [2.75, 3.05) is 6.54 Å². The molecule has 1 N–H and O–H groups in total. The zero-order chi connectivity index (χ0) is 13.6. The molecular weight excluding hydrogens is 316 g/mol. The third-order valence-electron chi connectivity index (χ3n) is 2.45. The zero-order valence-corrected chi connectivity index (χ0v) is 12.5. The number of sulfonamides is 1. The van der Waals surface area contributed by atoms with Crippen LogP contribution < -0.4 is 4.72 Å². The van der Waals surface area contributed by atoms with Crippen LogP contribution in [0.1, 0.15) is 24.8 Å². The van der Waals surface area contributed by atoms with Crippen LogP contribution in [0.15, 0.2) is 27.6 Å². The van der Waals surface area contributed by atoms with E-state index in [-0.39, 0.29) is 4.90 Å². The lowest BCUT2D eigenvalue weighted by Crippen LogP contribution is -2.25. The minimum Gasteiger partial charge on any atom is -0.211 e. The van der Waals surface area contributed by atoms with Gasteiger partial charge in [0.05, 0.1) is 11.0 Å². The van der Waals surface area contributed by atoms with Gasteiger partial charge in [-0.1, -0.05) is 22.0 Å². The summed E-state index contributed by atoms with van der Waals surface area (Å²) in [7, 11) is -3.46. The summed E-state index contributed by atoms with van der Waals surface area (Å²) in [5, 5.41) is 8.38. The number of aryl methyl sites for hydroxylation is 1. The van der Waals surface area contributed by atoms with Crippen LogP contribution in [0.4, 0.5) is 0 Å². The molecule has 0 saturated heterocycles. The van der Waals surface area contributed by atoms with E-state index in [1.807, 2.05) is 6.07 Å². The lowest BCUT2D eigenvalue weighted by molar-refractivity contribution is 0.576. The molecule has 0 fully saturated rings. The molecule has 0 bridgehead atoms. The second-order valence-corrected chi connectivity index (χ2v) is 6.57. The predicted octanol–water partition coefficient (Wildman–Crippen LogP) is 2.73. The van der Waals surface area contributed by atoms with Gasteiger partial charge in [-0.05, 0) is 37.5 Å². The summed E-state index contributed by atoms with van der Waals surface area (Å²) in [5.74, 6) is 0. The molecule has 0 spiro atoms. The number of halogens is 1. The normalized spacial score (nSPS) is 11.2. The number of hydrogen-bond acceptors (Lipinski definition) is 3. The average molecular weight is 331 g/mol. The number of benzene rings is 1. The molecular formula is C12H15BrN2O2S. The van der Waals surface area contributed by atoms with Gasteiger partial charge in [-0.25, -0.2) is 13.1 Å². The maximum Gasteiger partial charge on any atom is 0.240 e. The summed E-state index contributed by atoms with van der Waals surface area (Å²) in [6.45, 7) is 2.12. The highest BCUT2D eigenvalue weighted by atomic mass is 79.9. The molecule has 1 rings (SSSR count). The molecule has 0 aromatic heterocycles. The van der Waals surface area contributed by atoms with E-state index in [1.54, 1.807) is 25.1 Å². The Labute approximate surface area is 116 Å². The largest absolute Gasteiger partial charge is 0.240 e. The Kier molecular flexibility index (Phi) is 5.79. The quantitative estimate of drug-likeness (QED) is 0.815. The van der Waals surface area contributed by atoms with Gasteiger partial charge in [-0.2, -0.15) is 5.26 Å². The number of unbranched alkanes of at least 4 members (excludes halogenated alkanes) is 2. The summed E-state index contributed by atoms with van der Waals surface area (Å²) < 4.78 is 27.4. The minimum atomic E-state index is -3.46. The molecule has 0 aliphatic rings. The van der Waals surface area contributed by atoms with Gasteiger partial charge in [0, 0.05) is 17.4 Å². The molecule has 6 heteroatoms. The summed E-state index contributed by atoms with van der Waals surface area (Å²) in [5.41, 5.74) is 0.711. The van der Waals surface area contributed by atoms with Crippen LogP contribution >= 0.6 is 15.9 Å². The van der Waals surface area contributed by atoms with Gasteiger partial charge in [-0.3, -0.25) is 0 Å². The Balaban J connectivity index is 2.69. The van der Waals surface area contributed by atoms with Crippen molar-refractivity contribution in [3.8, 4) is 6.07 Å². The number of nitrogens with one attached hydrogen (secondary N) is 1. The van der Waals surface area contributed by atoms with Crippen LogP contribution in [-0.2, 0) is 10.0 Å². The smallest absolute Gasteiger partial charge is 0.211 e. The maximum absolute atomic E-state index is 12.0. The number of hydrogen-bond donors (Lipinski definition) is 1. The molecule has 98 valence electrons. The Morgan fingerprint density at radius 1 is 1.39 bits per heavy atom. The van der Waals surface area contributed by atoms with Crippen molar-refractivity contribution in [1.82, 2.24) is 4.72 Å². The molecule has 0 radical (unpaired) electrons. The molecule has 18 heavy (non-hydrogen) atoms. The zero-order valence-electron chi connectivity index (χ0n) is 10.1. The van der Waals surface area contributed by atoms with Crippen LogP contribution in [0, 0.1) is 18.3 Å². The second-order valence-electron chi connectivity index (χ2n) is 3.92. The molecule has 0 aliphatic carbocycles. The lowest BCUT2D eigenvalue weighted by Gasteiger charge is -2.09. The Morgan fingerprint density at radius 3 is 2.78 bits per heavy atom. The van der Waals surface area contributed by atoms with Crippen molar-refractivity contribution in [3.05, 3.63) is 28.2 Å². The van der Waals surface area contributed by atoms with Crippen molar-refractivity contribution in [3.63, 3.8) is 0 Å². The van der Waals surface area contributed by atoms with Gasteiger partial charge in [0.1, 0.15) is 0 Å². The van der Waals surface area contributed by atoms with Crippen molar-refractivity contribution < 1.29 is 8.42 Å². The first-order chi connectivity index (χ1) is 8.47. The fourth-order valence-electron chi connectivity index (χ4n) is 1.48. The first-order valence-electron chi connectivity index (χ1n) is 5.60. The highest BCUT2D eigenvalue weighted by Gasteiger charge is 2.16. The van der Waals surface area contributed by atoms with Gasteiger partial charge in [-0.15, -0.1) is 0 Å². The molecule has 0 atom stereocenters. The van der Waals surface area contributed by atoms with Gasteiger partial charge in [0.15, 0.2) is 0 Å². The fourth-order valence-corrected chi connectivity index (χ4v) is 3.33. The monoisotopic (exact) mass is 330 g/mol. The first-order valence-corrected chi connectivity index (χ1v) is 7.88. The van der Waals surface area contributed by atoms with Gasteiger partial charge < -0.3 is 0 Å². The van der Waals surface area contributed by atoms with Gasteiger partial charge in [0.2, 0.25) is 10.0 Å². The van der Waals surface area contributed by atoms with E-state index in [0.717, 1.165) is 4.47 Å². The fraction of sp³-hybridized carbons (Fsp3) is 0.417. The number of nitriles is 1. The van der Waals surface area contributed by atoms with E-state index >= 15 is 0 Å². The highest BCUT2D eigenvalue weighted by molar-refractivity contribution is 9.10. The summed E-state index contributed by atoms with van der Waals surface area (Å²) >= 11 is 3.26. The molecule has 0 heterocycles. The molecule has 0 amide bonds. The van der Waals surface area contributed by atoms with E-state index in [2.05, 4.69) is 20.7 Å². The number of nitrogens with zero attached hydrogens (tertiary/aromatic N) is 1. The molecule has 0 unspecified atom stereocenters. The summed E-state index contributed by atoms with van der Waals surface area (Å²) in [4.78, 5) is 0.289. The van der Waals surface area contributed by atoms with Crippen LogP contribution in [0.5, 0.6) is 0 Å². The Hall–Kier alpha value is -0.900. The molecule has 1 aromatic rings. The van der Waals surface area contributed by atoms with Crippen LogP contribution in [0.2, 0.25) is 0 Å². The van der Waals surface area contributed by atoms with Crippen LogP contribution in [0.25, 0.3) is 0 Å². The number of rotatable bonds is 6. The van der Waals surface area contributed by atoms with Crippen molar-refractivity contribution >= 4 is 26.0 Å². The lowest BCUT2D eigenvalue weighted by atomic mass is 10.2. The van der Waals surface area contributed by atoms with Crippen molar-refractivity contribution in [1.29, 1.82) is 5.26 Å². The summed E-state index contributed by atoms with van der Waals surface area (Å²) in [6, 6.07) is 7.19.